The average molecular weight is 186 g/mol. The van der Waals surface area contributed by atoms with Gasteiger partial charge in [-0.2, -0.15) is 0 Å². The van der Waals surface area contributed by atoms with E-state index in [1.165, 1.54) is 0 Å². The lowest BCUT2D eigenvalue weighted by Crippen LogP contribution is -2.03. The highest BCUT2D eigenvalue weighted by Gasteiger charge is 2.13. The van der Waals surface area contributed by atoms with Crippen molar-refractivity contribution in [2.45, 2.75) is 12.2 Å². The molecule has 0 saturated carbocycles. The Morgan fingerprint density at radius 1 is 0.929 bits per heavy atom. The van der Waals surface area contributed by atoms with E-state index in [1.54, 1.807) is 24.3 Å². The number of hydrogen-bond donors (Lipinski definition) is 2. The van der Waals surface area contributed by atoms with Gasteiger partial charge in [-0.3, -0.25) is 0 Å². The molecule has 1 aromatic carbocycles. The van der Waals surface area contributed by atoms with Gasteiger partial charge in [0.15, 0.2) is 0 Å². The molecule has 0 bridgehead atoms. The zero-order valence-electron chi connectivity index (χ0n) is 7.51. The normalized spacial score (nSPS) is 13.7. The van der Waals surface area contributed by atoms with E-state index in [0.717, 1.165) is 0 Å². The maximum Gasteiger partial charge on any atom is 0.140 e. The molecule has 0 saturated heterocycles. The van der Waals surface area contributed by atoms with Crippen LogP contribution in [0.4, 0.5) is 0 Å². The molecule has 14 heavy (non-hydrogen) atoms. The second-order valence-corrected chi connectivity index (χ2v) is 2.77. The van der Waals surface area contributed by atoms with Crippen molar-refractivity contribution in [3.05, 3.63) is 35.4 Å². The second-order valence-electron chi connectivity index (χ2n) is 2.77. The minimum Gasteiger partial charge on any atom is -0.376 e. The van der Waals surface area contributed by atoms with Crippen molar-refractivity contribution in [2.24, 2.45) is 0 Å². The summed E-state index contributed by atoms with van der Waals surface area (Å²) in [4.78, 5) is 0. The van der Waals surface area contributed by atoms with Gasteiger partial charge in [-0.25, -0.2) is 0 Å². The lowest BCUT2D eigenvalue weighted by Gasteiger charge is -2.12. The van der Waals surface area contributed by atoms with Crippen molar-refractivity contribution in [2.75, 3.05) is 0 Å². The summed E-state index contributed by atoms with van der Waals surface area (Å²) >= 11 is 0. The molecule has 0 aliphatic rings. The van der Waals surface area contributed by atoms with E-state index in [-0.39, 0.29) is 0 Å². The molecule has 2 heteroatoms. The first kappa shape index (κ1) is 10.3. The van der Waals surface area contributed by atoms with Crippen LogP contribution < -0.4 is 0 Å². The molecule has 2 unspecified atom stereocenters. The van der Waals surface area contributed by atoms with E-state index in [2.05, 4.69) is 11.8 Å². The molecule has 1 rings (SSSR count). The molecule has 2 N–H and O–H groups in total. The van der Waals surface area contributed by atoms with Crippen LogP contribution in [0.15, 0.2) is 24.3 Å². The van der Waals surface area contributed by atoms with Crippen LogP contribution in [0.3, 0.4) is 0 Å². The predicted octanol–water partition coefficient (Wildman–Crippen LogP) is 1.02. The molecule has 2 nitrogen and oxygen atoms in total. The maximum absolute atomic E-state index is 9.44. The molecular formula is C12H10O2. The lowest BCUT2D eigenvalue weighted by molar-refractivity contribution is 0.215. The molecule has 0 amide bonds. The summed E-state index contributed by atoms with van der Waals surface area (Å²) in [5.74, 6) is 4.35. The number of benzene rings is 1. The fourth-order valence-electron chi connectivity index (χ4n) is 1.19. The average Bonchev–Trinajstić information content (AvgIpc) is 2.27. The fourth-order valence-corrected chi connectivity index (χ4v) is 1.19. The predicted molar refractivity (Wildman–Crippen MR) is 54.0 cm³/mol. The zero-order chi connectivity index (χ0) is 10.6. The first-order valence-electron chi connectivity index (χ1n) is 4.08. The molecule has 2 atom stereocenters. The number of hydrogen-bond acceptors (Lipinski definition) is 2. The van der Waals surface area contributed by atoms with Crippen LogP contribution >= 0.6 is 0 Å². The van der Waals surface area contributed by atoms with Gasteiger partial charge in [-0.15, -0.1) is 12.8 Å². The number of rotatable bonds is 2. The Morgan fingerprint density at radius 2 is 1.29 bits per heavy atom. The van der Waals surface area contributed by atoms with Gasteiger partial charge >= 0.3 is 0 Å². The van der Waals surface area contributed by atoms with Crippen molar-refractivity contribution >= 4 is 0 Å². The van der Waals surface area contributed by atoms with E-state index in [4.69, 9.17) is 12.8 Å². The van der Waals surface area contributed by atoms with Gasteiger partial charge in [-0.05, 0) is 11.1 Å². The van der Waals surface area contributed by atoms with Crippen molar-refractivity contribution in [3.8, 4) is 24.7 Å². The Balaban J connectivity index is 3.18. The Kier molecular flexibility index (Phi) is 3.31. The van der Waals surface area contributed by atoms with Gasteiger partial charge in [0.05, 0.1) is 0 Å². The SMILES string of the molecule is C#CC(O)c1ccccc1C(O)C#C. The molecule has 0 aromatic heterocycles. The van der Waals surface area contributed by atoms with E-state index < -0.39 is 12.2 Å². The summed E-state index contributed by atoms with van der Waals surface area (Å²) < 4.78 is 0. The Labute approximate surface area is 83.2 Å². The summed E-state index contributed by atoms with van der Waals surface area (Å²) in [5.41, 5.74) is 0.945. The Hall–Kier alpha value is -1.74. The van der Waals surface area contributed by atoms with Gasteiger partial charge in [0.25, 0.3) is 0 Å². The molecule has 0 aliphatic carbocycles. The summed E-state index contributed by atoms with van der Waals surface area (Å²) in [6.45, 7) is 0. The number of aliphatic hydroxyl groups excluding tert-OH is 2. The minimum atomic E-state index is -1.03. The molecule has 0 radical (unpaired) electrons. The quantitative estimate of drug-likeness (QED) is 0.677. The van der Waals surface area contributed by atoms with Crippen molar-refractivity contribution in [3.63, 3.8) is 0 Å². The number of terminal acetylenes is 2. The molecule has 70 valence electrons. The Morgan fingerprint density at radius 3 is 1.57 bits per heavy atom. The standard InChI is InChI=1S/C12H10O2/c1-3-11(13)9-7-5-6-8-10(9)12(14)4-2/h1-2,5-8,11-14H. The molecule has 1 aromatic rings. The van der Waals surface area contributed by atoms with E-state index in [9.17, 15) is 10.2 Å². The second kappa shape index (κ2) is 4.48. The van der Waals surface area contributed by atoms with Crippen LogP contribution in [-0.2, 0) is 0 Å². The number of aliphatic hydroxyl groups is 2. The van der Waals surface area contributed by atoms with E-state index in [1.807, 2.05) is 0 Å². The highest BCUT2D eigenvalue weighted by molar-refractivity contribution is 5.36. The van der Waals surface area contributed by atoms with Gasteiger partial charge < -0.3 is 10.2 Å². The van der Waals surface area contributed by atoms with Crippen LogP contribution in [0.5, 0.6) is 0 Å². The highest BCUT2D eigenvalue weighted by atomic mass is 16.3. The van der Waals surface area contributed by atoms with Crippen LogP contribution in [0.25, 0.3) is 0 Å². The molecule has 0 spiro atoms. The van der Waals surface area contributed by atoms with Crippen LogP contribution in [0.1, 0.15) is 23.3 Å². The van der Waals surface area contributed by atoms with E-state index >= 15 is 0 Å². The Bertz CT molecular complexity index is 357. The molecular weight excluding hydrogens is 176 g/mol. The van der Waals surface area contributed by atoms with Gasteiger partial charge in [-0.1, -0.05) is 36.1 Å². The van der Waals surface area contributed by atoms with Gasteiger partial charge in [0.1, 0.15) is 12.2 Å². The summed E-state index contributed by atoms with van der Waals surface area (Å²) in [7, 11) is 0. The summed E-state index contributed by atoms with van der Waals surface area (Å²) in [6, 6.07) is 6.73. The third-order valence-electron chi connectivity index (χ3n) is 1.90. The van der Waals surface area contributed by atoms with Gasteiger partial charge in [0, 0.05) is 0 Å². The largest absolute Gasteiger partial charge is 0.376 e. The minimum absolute atomic E-state index is 0.473. The summed E-state index contributed by atoms with van der Waals surface area (Å²) in [5, 5.41) is 18.9. The smallest absolute Gasteiger partial charge is 0.140 e. The monoisotopic (exact) mass is 186 g/mol. The van der Waals surface area contributed by atoms with Gasteiger partial charge in [0.2, 0.25) is 0 Å². The van der Waals surface area contributed by atoms with Crippen molar-refractivity contribution < 1.29 is 10.2 Å². The third-order valence-corrected chi connectivity index (χ3v) is 1.90. The third kappa shape index (κ3) is 1.95. The zero-order valence-corrected chi connectivity index (χ0v) is 7.51. The first-order chi connectivity index (χ1) is 6.70. The molecule has 0 aliphatic heterocycles. The van der Waals surface area contributed by atoms with E-state index in [0.29, 0.717) is 11.1 Å². The van der Waals surface area contributed by atoms with Crippen LogP contribution in [-0.4, -0.2) is 10.2 Å². The topological polar surface area (TPSA) is 40.5 Å². The lowest BCUT2D eigenvalue weighted by atomic mass is 9.99. The molecule has 0 heterocycles. The fraction of sp³-hybridized carbons (Fsp3) is 0.167. The van der Waals surface area contributed by atoms with Crippen LogP contribution in [0, 0.1) is 24.7 Å². The summed E-state index contributed by atoms with van der Waals surface area (Å²) in [6.07, 6.45) is 8.10. The van der Waals surface area contributed by atoms with Crippen molar-refractivity contribution in [1.82, 2.24) is 0 Å². The van der Waals surface area contributed by atoms with Crippen molar-refractivity contribution in [1.29, 1.82) is 0 Å². The first-order valence-corrected chi connectivity index (χ1v) is 4.08. The maximum atomic E-state index is 9.44. The van der Waals surface area contributed by atoms with Crippen LogP contribution in [0.2, 0.25) is 0 Å². The molecule has 0 fully saturated rings. The highest BCUT2D eigenvalue weighted by Crippen LogP contribution is 2.22.